The van der Waals surface area contributed by atoms with Crippen LogP contribution in [-0.2, 0) is 0 Å². The van der Waals surface area contributed by atoms with Crippen molar-refractivity contribution in [3.8, 4) is 0 Å². The van der Waals surface area contributed by atoms with E-state index in [0.717, 1.165) is 37.7 Å². The van der Waals surface area contributed by atoms with E-state index in [1.54, 1.807) is 0 Å². The molecule has 0 saturated heterocycles. The van der Waals surface area contributed by atoms with Gasteiger partial charge in [-0.25, -0.2) is 4.98 Å². The van der Waals surface area contributed by atoms with Crippen LogP contribution in [0.4, 0.5) is 0 Å². The normalized spacial score (nSPS) is 11.7. The van der Waals surface area contributed by atoms with Gasteiger partial charge in [0, 0.05) is 17.3 Å². The number of rotatable bonds is 0. The van der Waals surface area contributed by atoms with Crippen LogP contribution < -0.4 is 0 Å². The summed E-state index contributed by atoms with van der Waals surface area (Å²) in [7, 11) is 0. The van der Waals surface area contributed by atoms with E-state index in [1.807, 2.05) is 31.2 Å². The predicted octanol–water partition coefficient (Wildman–Crippen LogP) is 5.10. The molecule has 19 heavy (non-hydrogen) atoms. The van der Waals surface area contributed by atoms with Crippen molar-refractivity contribution in [2.24, 2.45) is 0 Å². The summed E-state index contributed by atoms with van der Waals surface area (Å²) >= 11 is 6.06. The van der Waals surface area contributed by atoms with Crippen LogP contribution in [0.2, 0.25) is 5.02 Å². The van der Waals surface area contributed by atoms with Crippen LogP contribution in [0.5, 0.6) is 0 Å². The Balaban J connectivity index is 2.32. The van der Waals surface area contributed by atoms with Gasteiger partial charge in [0.25, 0.3) is 0 Å². The van der Waals surface area contributed by atoms with Gasteiger partial charge in [0.15, 0.2) is 11.5 Å². The highest BCUT2D eigenvalue weighted by Gasteiger charge is 2.10. The van der Waals surface area contributed by atoms with Gasteiger partial charge in [0.1, 0.15) is 5.52 Å². The van der Waals surface area contributed by atoms with Crippen LogP contribution in [0.1, 0.15) is 5.89 Å². The zero-order valence-corrected chi connectivity index (χ0v) is 11.0. The highest BCUT2D eigenvalue weighted by Crippen LogP contribution is 2.33. The molecule has 0 N–H and O–H groups in total. The lowest BCUT2D eigenvalue weighted by Crippen LogP contribution is -1.80. The Morgan fingerprint density at radius 1 is 1.00 bits per heavy atom. The second kappa shape index (κ2) is 3.72. The van der Waals surface area contributed by atoms with E-state index >= 15 is 0 Å². The Hall–Kier alpha value is -2.06. The van der Waals surface area contributed by atoms with Crippen LogP contribution in [0.15, 0.2) is 46.9 Å². The maximum Gasteiger partial charge on any atom is 0.192 e. The summed E-state index contributed by atoms with van der Waals surface area (Å²) in [5.74, 6) is 0.688. The molecule has 0 aliphatic heterocycles. The highest BCUT2D eigenvalue weighted by molar-refractivity contribution is 6.32. The maximum absolute atomic E-state index is 6.06. The Kier molecular flexibility index (Phi) is 2.12. The van der Waals surface area contributed by atoms with Crippen LogP contribution in [-0.4, -0.2) is 4.98 Å². The van der Waals surface area contributed by atoms with E-state index in [-0.39, 0.29) is 0 Å². The molecular formula is C16H10ClNO. The molecule has 1 heterocycles. The summed E-state index contributed by atoms with van der Waals surface area (Å²) < 4.78 is 5.61. The summed E-state index contributed by atoms with van der Waals surface area (Å²) in [4.78, 5) is 4.51. The van der Waals surface area contributed by atoms with Crippen molar-refractivity contribution in [2.45, 2.75) is 6.92 Å². The van der Waals surface area contributed by atoms with Crippen LogP contribution >= 0.6 is 11.6 Å². The monoisotopic (exact) mass is 267 g/mol. The van der Waals surface area contributed by atoms with Gasteiger partial charge >= 0.3 is 0 Å². The van der Waals surface area contributed by atoms with Crippen molar-refractivity contribution < 1.29 is 4.42 Å². The third-order valence-corrected chi connectivity index (χ3v) is 3.66. The second-order valence-corrected chi connectivity index (χ2v) is 5.11. The molecule has 3 aromatic carbocycles. The van der Waals surface area contributed by atoms with Crippen LogP contribution in [0.25, 0.3) is 32.6 Å². The number of hydrogen-bond donors (Lipinski definition) is 0. The molecule has 0 aliphatic carbocycles. The van der Waals surface area contributed by atoms with Gasteiger partial charge in [-0.05, 0) is 34.4 Å². The summed E-state index contributed by atoms with van der Waals surface area (Å²) in [6.45, 7) is 1.87. The first-order chi connectivity index (χ1) is 9.22. The quantitative estimate of drug-likeness (QED) is 0.415. The van der Waals surface area contributed by atoms with Gasteiger partial charge in [0.05, 0.1) is 0 Å². The Bertz CT molecular complexity index is 940. The van der Waals surface area contributed by atoms with Gasteiger partial charge < -0.3 is 4.42 Å². The van der Waals surface area contributed by atoms with E-state index in [4.69, 9.17) is 16.0 Å². The number of aromatic nitrogens is 1. The van der Waals surface area contributed by atoms with Crippen molar-refractivity contribution in [3.05, 3.63) is 53.4 Å². The molecule has 4 aromatic rings. The predicted molar refractivity (Wildman–Crippen MR) is 78.8 cm³/mol. The zero-order chi connectivity index (χ0) is 13.0. The lowest BCUT2D eigenvalue weighted by Gasteiger charge is -2.04. The highest BCUT2D eigenvalue weighted by atomic mass is 35.5. The van der Waals surface area contributed by atoms with Gasteiger partial charge in [0.2, 0.25) is 0 Å². The van der Waals surface area contributed by atoms with Crippen LogP contribution in [0.3, 0.4) is 0 Å². The molecule has 0 unspecified atom stereocenters. The minimum absolute atomic E-state index is 0.688. The first-order valence-corrected chi connectivity index (χ1v) is 6.48. The van der Waals surface area contributed by atoms with Gasteiger partial charge in [-0.2, -0.15) is 0 Å². The molecule has 0 bridgehead atoms. The molecule has 3 heteroatoms. The average Bonchev–Trinajstić information content (AvgIpc) is 2.78. The molecule has 0 fully saturated rings. The number of oxazole rings is 1. The third-order valence-electron chi connectivity index (χ3n) is 3.43. The summed E-state index contributed by atoms with van der Waals surface area (Å²) in [5.41, 5.74) is 1.75. The molecule has 0 radical (unpaired) electrons. The molecule has 0 saturated carbocycles. The van der Waals surface area contributed by atoms with Crippen LogP contribution in [0, 0.1) is 6.92 Å². The van der Waals surface area contributed by atoms with Crippen molar-refractivity contribution in [1.82, 2.24) is 4.98 Å². The topological polar surface area (TPSA) is 26.0 Å². The van der Waals surface area contributed by atoms with Crippen molar-refractivity contribution in [2.75, 3.05) is 0 Å². The van der Waals surface area contributed by atoms with E-state index in [2.05, 4.69) is 23.2 Å². The van der Waals surface area contributed by atoms with Gasteiger partial charge in [-0.1, -0.05) is 35.9 Å². The molecule has 92 valence electrons. The summed E-state index contributed by atoms with van der Waals surface area (Å²) in [5, 5.41) is 5.31. The number of benzene rings is 3. The maximum atomic E-state index is 6.06. The number of nitrogens with zero attached hydrogens (tertiary/aromatic N) is 1. The zero-order valence-electron chi connectivity index (χ0n) is 10.3. The second-order valence-electron chi connectivity index (χ2n) is 4.67. The number of fused-ring (bicyclic) bond motifs is 5. The Morgan fingerprint density at radius 2 is 1.79 bits per heavy atom. The standard InChI is InChI=1S/C16H10ClNO/c1-9-18-16-14(19-9)7-4-10-2-3-11-8-12(17)5-6-13(11)15(10)16/h2-8H,1H3. The number of halogens is 1. The fraction of sp³-hybridized carbons (Fsp3) is 0.0625. The molecule has 4 rings (SSSR count). The molecular weight excluding hydrogens is 258 g/mol. The van der Waals surface area contributed by atoms with E-state index < -0.39 is 0 Å². The van der Waals surface area contributed by atoms with E-state index in [1.165, 1.54) is 0 Å². The van der Waals surface area contributed by atoms with E-state index in [9.17, 15) is 0 Å². The number of aryl methyl sites for hydroxylation is 1. The largest absolute Gasteiger partial charge is 0.441 e. The summed E-state index contributed by atoms with van der Waals surface area (Å²) in [6, 6.07) is 14.1. The fourth-order valence-electron chi connectivity index (χ4n) is 2.62. The minimum atomic E-state index is 0.688. The summed E-state index contributed by atoms with van der Waals surface area (Å²) in [6.07, 6.45) is 0. The SMILES string of the molecule is Cc1nc2c(ccc3ccc4cc(Cl)ccc4c32)o1. The molecule has 0 aliphatic rings. The lowest BCUT2D eigenvalue weighted by atomic mass is 10.0. The van der Waals surface area contributed by atoms with Crippen molar-refractivity contribution >= 4 is 44.2 Å². The number of hydrogen-bond acceptors (Lipinski definition) is 2. The van der Waals surface area contributed by atoms with Gasteiger partial charge in [-0.15, -0.1) is 0 Å². The molecule has 0 spiro atoms. The molecule has 0 atom stereocenters. The molecule has 2 nitrogen and oxygen atoms in total. The molecule has 0 amide bonds. The Morgan fingerprint density at radius 3 is 2.68 bits per heavy atom. The third kappa shape index (κ3) is 1.53. The van der Waals surface area contributed by atoms with Crippen molar-refractivity contribution in [3.63, 3.8) is 0 Å². The van der Waals surface area contributed by atoms with E-state index in [0.29, 0.717) is 5.89 Å². The smallest absolute Gasteiger partial charge is 0.192 e. The fourth-order valence-corrected chi connectivity index (χ4v) is 2.80. The molecule has 1 aromatic heterocycles. The first-order valence-electron chi connectivity index (χ1n) is 6.10. The average molecular weight is 268 g/mol. The first kappa shape index (κ1) is 10.8. The Labute approximate surface area is 114 Å². The minimum Gasteiger partial charge on any atom is -0.441 e. The van der Waals surface area contributed by atoms with Gasteiger partial charge in [-0.3, -0.25) is 0 Å². The lowest BCUT2D eigenvalue weighted by molar-refractivity contribution is 0.561. The van der Waals surface area contributed by atoms with Crippen molar-refractivity contribution in [1.29, 1.82) is 0 Å².